The highest BCUT2D eigenvalue weighted by molar-refractivity contribution is 5.84. The van der Waals surface area contributed by atoms with Gasteiger partial charge in [-0.2, -0.15) is 10.4 Å². The van der Waals surface area contributed by atoms with E-state index in [9.17, 15) is 10.4 Å². The van der Waals surface area contributed by atoms with Gasteiger partial charge in [0, 0.05) is 0 Å². The van der Waals surface area contributed by atoms with Crippen molar-refractivity contribution in [2.45, 2.75) is 19.8 Å². The summed E-state index contributed by atoms with van der Waals surface area (Å²) in [5, 5.41) is 27.0. The molecule has 1 aliphatic heterocycles. The SMILES string of the molecule is CCOc1cc([C@H]2C(C#N)=C(N)Oc3c2c(C)nn3-c2ccc3ccccc3c2)ccc1O. The Morgan fingerprint density at radius 2 is 1.94 bits per heavy atom. The van der Waals surface area contributed by atoms with Crippen LogP contribution in [0, 0.1) is 18.3 Å². The Bertz CT molecular complexity index is 1460. The van der Waals surface area contributed by atoms with Crippen molar-refractivity contribution in [1.82, 2.24) is 9.78 Å². The lowest BCUT2D eigenvalue weighted by atomic mass is 9.84. The largest absolute Gasteiger partial charge is 0.504 e. The van der Waals surface area contributed by atoms with Gasteiger partial charge in [-0.1, -0.05) is 36.4 Å². The van der Waals surface area contributed by atoms with Crippen molar-refractivity contribution in [2.24, 2.45) is 5.73 Å². The van der Waals surface area contributed by atoms with E-state index in [4.69, 9.17) is 20.3 Å². The number of nitrogens with two attached hydrogens (primary N) is 1. The zero-order chi connectivity index (χ0) is 23.1. The van der Waals surface area contributed by atoms with Crippen LogP contribution in [0.2, 0.25) is 0 Å². The molecule has 7 heteroatoms. The van der Waals surface area contributed by atoms with Crippen molar-refractivity contribution in [2.75, 3.05) is 6.61 Å². The monoisotopic (exact) mass is 438 g/mol. The number of hydrogen-bond donors (Lipinski definition) is 2. The Morgan fingerprint density at radius 3 is 2.70 bits per heavy atom. The molecule has 0 saturated carbocycles. The summed E-state index contributed by atoms with van der Waals surface area (Å²) < 4.78 is 13.2. The molecule has 0 spiro atoms. The first-order valence-electron chi connectivity index (χ1n) is 10.6. The summed E-state index contributed by atoms with van der Waals surface area (Å²) >= 11 is 0. The van der Waals surface area contributed by atoms with Gasteiger partial charge in [0.1, 0.15) is 11.6 Å². The summed E-state index contributed by atoms with van der Waals surface area (Å²) in [6.07, 6.45) is 0. The van der Waals surface area contributed by atoms with Crippen molar-refractivity contribution in [1.29, 1.82) is 5.26 Å². The third-order valence-electron chi connectivity index (χ3n) is 5.83. The number of nitriles is 1. The average Bonchev–Trinajstić information content (AvgIpc) is 3.15. The first-order chi connectivity index (χ1) is 16.0. The fourth-order valence-corrected chi connectivity index (χ4v) is 4.31. The van der Waals surface area contributed by atoms with Gasteiger partial charge < -0.3 is 20.3 Å². The lowest BCUT2D eigenvalue weighted by Gasteiger charge is -2.25. The van der Waals surface area contributed by atoms with Crippen molar-refractivity contribution in [3.8, 4) is 29.1 Å². The topological polar surface area (TPSA) is 106 Å². The van der Waals surface area contributed by atoms with Gasteiger partial charge in [0.15, 0.2) is 11.5 Å². The van der Waals surface area contributed by atoms with Gasteiger partial charge in [0.05, 0.1) is 29.5 Å². The summed E-state index contributed by atoms with van der Waals surface area (Å²) in [7, 11) is 0. The normalized spacial score (nSPS) is 15.1. The second-order valence-corrected chi connectivity index (χ2v) is 7.83. The van der Waals surface area contributed by atoms with E-state index in [-0.39, 0.29) is 17.2 Å². The molecule has 0 amide bonds. The van der Waals surface area contributed by atoms with E-state index in [1.54, 1.807) is 22.9 Å². The number of fused-ring (bicyclic) bond motifs is 2. The maximum atomic E-state index is 10.2. The Labute approximate surface area is 190 Å². The third-order valence-corrected chi connectivity index (χ3v) is 5.83. The third kappa shape index (κ3) is 3.33. The molecule has 1 atom stereocenters. The number of aromatic nitrogens is 2. The zero-order valence-electron chi connectivity index (χ0n) is 18.2. The highest BCUT2D eigenvalue weighted by Gasteiger charge is 2.36. The number of allylic oxidation sites excluding steroid dienone is 1. The molecule has 0 fully saturated rings. The average molecular weight is 438 g/mol. The molecule has 164 valence electrons. The summed E-state index contributed by atoms with van der Waals surface area (Å²) in [5.41, 5.74) is 9.55. The molecule has 1 aromatic heterocycles. The molecule has 3 N–H and O–H groups in total. The van der Waals surface area contributed by atoms with Gasteiger partial charge in [0.2, 0.25) is 11.8 Å². The maximum absolute atomic E-state index is 10.2. The molecule has 1 aliphatic rings. The van der Waals surface area contributed by atoms with E-state index >= 15 is 0 Å². The molecular weight excluding hydrogens is 416 g/mol. The Balaban J connectivity index is 1.70. The number of hydrogen-bond acceptors (Lipinski definition) is 6. The summed E-state index contributed by atoms with van der Waals surface area (Å²) in [6.45, 7) is 4.13. The van der Waals surface area contributed by atoms with E-state index in [0.717, 1.165) is 33.3 Å². The minimum Gasteiger partial charge on any atom is -0.504 e. The van der Waals surface area contributed by atoms with Crippen LogP contribution in [0.3, 0.4) is 0 Å². The van der Waals surface area contributed by atoms with Gasteiger partial charge >= 0.3 is 0 Å². The molecule has 7 nitrogen and oxygen atoms in total. The maximum Gasteiger partial charge on any atom is 0.229 e. The molecule has 0 saturated heterocycles. The molecule has 2 heterocycles. The van der Waals surface area contributed by atoms with E-state index in [0.29, 0.717) is 18.2 Å². The van der Waals surface area contributed by atoms with Crippen LogP contribution in [-0.4, -0.2) is 21.5 Å². The molecule has 5 rings (SSSR count). The Kier molecular flexibility index (Phi) is 4.91. The van der Waals surface area contributed by atoms with Gasteiger partial charge in [0.25, 0.3) is 0 Å². The van der Waals surface area contributed by atoms with Crippen LogP contribution < -0.4 is 15.2 Å². The highest BCUT2D eigenvalue weighted by atomic mass is 16.5. The predicted octanol–water partition coefficient (Wildman–Crippen LogP) is 4.66. The first kappa shape index (κ1) is 20.5. The van der Waals surface area contributed by atoms with Crippen LogP contribution in [0.4, 0.5) is 0 Å². The lowest BCUT2D eigenvalue weighted by molar-refractivity contribution is 0.317. The number of ether oxygens (including phenoxy) is 2. The van der Waals surface area contributed by atoms with Gasteiger partial charge in [-0.05, 0) is 54.4 Å². The molecule has 3 aromatic carbocycles. The van der Waals surface area contributed by atoms with Crippen molar-refractivity contribution in [3.05, 3.63) is 88.9 Å². The Hall–Kier alpha value is -4.44. The van der Waals surface area contributed by atoms with Crippen LogP contribution in [-0.2, 0) is 0 Å². The van der Waals surface area contributed by atoms with E-state index in [1.807, 2.05) is 50.2 Å². The number of benzene rings is 3. The van der Waals surface area contributed by atoms with Crippen molar-refractivity contribution in [3.63, 3.8) is 0 Å². The summed E-state index contributed by atoms with van der Waals surface area (Å²) in [5.74, 6) is 0.372. The molecular formula is C26H22N4O3. The number of nitrogens with zero attached hydrogens (tertiary/aromatic N) is 3. The fraction of sp³-hybridized carbons (Fsp3) is 0.154. The smallest absolute Gasteiger partial charge is 0.229 e. The lowest BCUT2D eigenvalue weighted by Crippen LogP contribution is -2.22. The molecule has 0 unspecified atom stereocenters. The van der Waals surface area contributed by atoms with Crippen LogP contribution in [0.5, 0.6) is 17.4 Å². The minimum absolute atomic E-state index is 0.0305. The second-order valence-electron chi connectivity index (χ2n) is 7.83. The summed E-state index contributed by atoms with van der Waals surface area (Å²) in [6, 6.07) is 21.4. The van der Waals surface area contributed by atoms with Crippen molar-refractivity contribution < 1.29 is 14.6 Å². The number of aromatic hydroxyl groups is 1. The van der Waals surface area contributed by atoms with E-state index in [2.05, 4.69) is 12.1 Å². The molecule has 0 bridgehead atoms. The number of aryl methyl sites for hydroxylation is 1. The number of phenolic OH excluding ortho intramolecular Hbond substituents is 1. The van der Waals surface area contributed by atoms with Crippen LogP contribution in [0.25, 0.3) is 16.5 Å². The van der Waals surface area contributed by atoms with Crippen LogP contribution in [0.1, 0.15) is 29.7 Å². The van der Waals surface area contributed by atoms with Gasteiger partial charge in [-0.3, -0.25) is 0 Å². The predicted molar refractivity (Wildman–Crippen MR) is 124 cm³/mol. The zero-order valence-corrected chi connectivity index (χ0v) is 18.2. The number of rotatable bonds is 4. The first-order valence-corrected chi connectivity index (χ1v) is 10.6. The number of phenols is 1. The summed E-state index contributed by atoms with van der Waals surface area (Å²) in [4.78, 5) is 0. The fourth-order valence-electron chi connectivity index (χ4n) is 4.31. The highest BCUT2D eigenvalue weighted by Crippen LogP contribution is 2.46. The Morgan fingerprint density at radius 1 is 1.15 bits per heavy atom. The molecule has 4 aromatic rings. The quantitative estimate of drug-likeness (QED) is 0.480. The minimum atomic E-state index is -0.507. The van der Waals surface area contributed by atoms with Gasteiger partial charge in [-0.15, -0.1) is 0 Å². The van der Waals surface area contributed by atoms with Crippen molar-refractivity contribution >= 4 is 10.8 Å². The molecule has 33 heavy (non-hydrogen) atoms. The molecule has 0 aliphatic carbocycles. The van der Waals surface area contributed by atoms with Crippen LogP contribution in [0.15, 0.2) is 72.1 Å². The van der Waals surface area contributed by atoms with Gasteiger partial charge in [-0.25, -0.2) is 4.68 Å². The van der Waals surface area contributed by atoms with E-state index in [1.165, 1.54) is 0 Å². The standard InChI is InChI=1S/C26H22N4O3/c1-3-32-22-13-18(9-11-21(22)31)24-20(14-27)25(28)33-26-23(24)15(2)29-30(26)19-10-8-16-6-4-5-7-17(16)12-19/h4-13,24,31H,3,28H2,1-2H3/t24-/m0/s1. The molecule has 0 radical (unpaired) electrons. The van der Waals surface area contributed by atoms with E-state index < -0.39 is 5.92 Å². The van der Waals surface area contributed by atoms with Crippen LogP contribution >= 0.6 is 0 Å². The second kappa shape index (κ2) is 7.92.